The lowest BCUT2D eigenvalue weighted by atomic mass is 9.86. The summed E-state index contributed by atoms with van der Waals surface area (Å²) in [5, 5.41) is 12.1. The molecule has 1 atom stereocenters. The molecule has 124 valence electrons. The van der Waals surface area contributed by atoms with E-state index in [-0.39, 0.29) is 24.7 Å². The molecule has 1 rings (SSSR count). The Hall–Kier alpha value is -0.810. The number of aliphatic hydroxyl groups is 1. The van der Waals surface area contributed by atoms with Crippen molar-refractivity contribution < 1.29 is 14.6 Å². The third kappa shape index (κ3) is 6.66. The number of hydrogen-bond donors (Lipinski definition) is 2. The van der Waals surface area contributed by atoms with E-state index in [0.717, 1.165) is 32.3 Å². The number of ether oxygens (including phenoxy) is 1. The van der Waals surface area contributed by atoms with Crippen molar-refractivity contribution in [3.8, 4) is 0 Å². The first-order valence-corrected chi connectivity index (χ1v) is 8.16. The molecular weight excluding hydrogens is 268 g/mol. The maximum absolute atomic E-state index is 12.2. The second kappa shape index (κ2) is 9.26. The number of carbonyl (C=O) groups is 1. The minimum Gasteiger partial charge on any atom is -0.396 e. The van der Waals surface area contributed by atoms with Crippen molar-refractivity contribution in [2.24, 2.45) is 11.8 Å². The normalized spacial score (nSPS) is 23.9. The van der Waals surface area contributed by atoms with E-state index in [4.69, 9.17) is 9.84 Å². The predicted molar refractivity (Wildman–Crippen MR) is 84.2 cm³/mol. The molecule has 1 aliphatic rings. The molecule has 0 bridgehead atoms. The minimum absolute atomic E-state index is 0.0208. The minimum atomic E-state index is -0.0249. The van der Waals surface area contributed by atoms with E-state index in [1.807, 2.05) is 18.9 Å². The van der Waals surface area contributed by atoms with Crippen LogP contribution in [0.1, 0.15) is 46.5 Å². The van der Waals surface area contributed by atoms with Crippen LogP contribution in [0.25, 0.3) is 0 Å². The van der Waals surface area contributed by atoms with Crippen molar-refractivity contribution in [2.45, 2.75) is 58.5 Å². The van der Waals surface area contributed by atoms with Crippen LogP contribution >= 0.6 is 0 Å². The molecular formula is C16H32N2O3. The highest BCUT2D eigenvalue weighted by molar-refractivity contribution is 5.74. The summed E-state index contributed by atoms with van der Waals surface area (Å²) >= 11 is 0. The second-order valence-electron chi connectivity index (χ2n) is 6.75. The molecule has 0 spiro atoms. The summed E-state index contributed by atoms with van der Waals surface area (Å²) in [6.45, 7) is 7.73. The highest BCUT2D eigenvalue weighted by Crippen LogP contribution is 2.26. The summed E-state index contributed by atoms with van der Waals surface area (Å²) in [5.74, 6) is 0.929. The van der Waals surface area contributed by atoms with Crippen molar-refractivity contribution in [1.82, 2.24) is 10.2 Å². The van der Waals surface area contributed by atoms with E-state index >= 15 is 0 Å². The van der Waals surface area contributed by atoms with Crippen LogP contribution in [0.3, 0.4) is 0 Å². The third-order valence-electron chi connectivity index (χ3n) is 4.13. The molecule has 0 aromatic heterocycles. The summed E-state index contributed by atoms with van der Waals surface area (Å²) in [4.78, 5) is 14.0. The summed E-state index contributed by atoms with van der Waals surface area (Å²) < 4.78 is 5.55. The van der Waals surface area contributed by atoms with Crippen LogP contribution in [0.5, 0.6) is 0 Å². The van der Waals surface area contributed by atoms with Gasteiger partial charge in [-0.25, -0.2) is 4.79 Å². The highest BCUT2D eigenvalue weighted by atomic mass is 16.5. The Kier molecular flexibility index (Phi) is 8.04. The highest BCUT2D eigenvalue weighted by Gasteiger charge is 2.26. The zero-order valence-corrected chi connectivity index (χ0v) is 14.0. The standard InChI is InChI=1S/C16H32N2O3/c1-12(2)10-21-11-13(3)17-16(20)18(4)15-7-5-14(9-19)6-8-15/h12-15,19H,5-11H2,1-4H3,(H,17,20). The second-order valence-corrected chi connectivity index (χ2v) is 6.75. The topological polar surface area (TPSA) is 61.8 Å². The van der Waals surface area contributed by atoms with Gasteiger partial charge in [-0.1, -0.05) is 13.8 Å². The molecule has 5 nitrogen and oxygen atoms in total. The largest absolute Gasteiger partial charge is 0.396 e. The van der Waals surface area contributed by atoms with Gasteiger partial charge in [0.2, 0.25) is 0 Å². The maximum Gasteiger partial charge on any atom is 0.317 e. The molecule has 1 aliphatic carbocycles. The first-order valence-electron chi connectivity index (χ1n) is 8.16. The van der Waals surface area contributed by atoms with Crippen LogP contribution in [0.15, 0.2) is 0 Å². The molecule has 0 saturated heterocycles. The van der Waals surface area contributed by atoms with Gasteiger partial charge >= 0.3 is 6.03 Å². The number of amides is 2. The fourth-order valence-electron chi connectivity index (χ4n) is 2.72. The van der Waals surface area contributed by atoms with Gasteiger partial charge in [-0.15, -0.1) is 0 Å². The fraction of sp³-hybridized carbons (Fsp3) is 0.938. The van der Waals surface area contributed by atoms with E-state index in [2.05, 4.69) is 19.2 Å². The lowest BCUT2D eigenvalue weighted by Crippen LogP contribution is -2.48. The smallest absolute Gasteiger partial charge is 0.317 e. The van der Waals surface area contributed by atoms with Crippen LogP contribution in [-0.2, 0) is 4.74 Å². The summed E-state index contributed by atoms with van der Waals surface area (Å²) in [5.41, 5.74) is 0. The summed E-state index contributed by atoms with van der Waals surface area (Å²) in [6, 6.07) is 0.284. The Balaban J connectivity index is 2.27. The van der Waals surface area contributed by atoms with Crippen LogP contribution < -0.4 is 5.32 Å². The fourth-order valence-corrected chi connectivity index (χ4v) is 2.72. The Morgan fingerprint density at radius 1 is 1.24 bits per heavy atom. The van der Waals surface area contributed by atoms with Crippen molar-refractivity contribution in [2.75, 3.05) is 26.9 Å². The Morgan fingerprint density at radius 3 is 2.38 bits per heavy atom. The van der Waals surface area contributed by atoms with Crippen molar-refractivity contribution in [1.29, 1.82) is 0 Å². The van der Waals surface area contributed by atoms with E-state index in [1.165, 1.54) is 0 Å². The van der Waals surface area contributed by atoms with E-state index < -0.39 is 0 Å². The van der Waals surface area contributed by atoms with Gasteiger partial charge in [0.1, 0.15) is 0 Å². The molecule has 0 aromatic rings. The lowest BCUT2D eigenvalue weighted by molar-refractivity contribution is 0.0907. The number of hydrogen-bond acceptors (Lipinski definition) is 3. The van der Waals surface area contributed by atoms with E-state index in [9.17, 15) is 4.79 Å². The number of aliphatic hydroxyl groups excluding tert-OH is 1. The number of nitrogens with zero attached hydrogens (tertiary/aromatic N) is 1. The van der Waals surface area contributed by atoms with Crippen LogP contribution in [-0.4, -0.2) is 55.0 Å². The Bertz CT molecular complexity index is 302. The predicted octanol–water partition coefficient (Wildman–Crippen LogP) is 2.24. The first kappa shape index (κ1) is 18.2. The van der Waals surface area contributed by atoms with Gasteiger partial charge in [-0.05, 0) is 44.4 Å². The molecule has 0 heterocycles. The zero-order valence-electron chi connectivity index (χ0n) is 14.0. The Labute approximate surface area is 129 Å². The average Bonchev–Trinajstić information content (AvgIpc) is 2.46. The van der Waals surface area contributed by atoms with Gasteiger partial charge < -0.3 is 20.1 Å². The number of carbonyl (C=O) groups excluding carboxylic acids is 1. The van der Waals surface area contributed by atoms with Crippen LogP contribution in [0, 0.1) is 11.8 Å². The van der Waals surface area contributed by atoms with Gasteiger partial charge in [0, 0.05) is 26.3 Å². The Morgan fingerprint density at radius 2 is 1.86 bits per heavy atom. The van der Waals surface area contributed by atoms with Gasteiger partial charge in [-0.2, -0.15) is 0 Å². The monoisotopic (exact) mass is 300 g/mol. The summed E-state index contributed by atoms with van der Waals surface area (Å²) in [7, 11) is 1.86. The molecule has 5 heteroatoms. The van der Waals surface area contributed by atoms with E-state index in [1.54, 1.807) is 0 Å². The van der Waals surface area contributed by atoms with E-state index in [0.29, 0.717) is 18.4 Å². The third-order valence-corrected chi connectivity index (χ3v) is 4.13. The molecule has 21 heavy (non-hydrogen) atoms. The van der Waals surface area contributed by atoms with Gasteiger partial charge in [0.15, 0.2) is 0 Å². The molecule has 2 amide bonds. The van der Waals surface area contributed by atoms with Crippen LogP contribution in [0.4, 0.5) is 4.79 Å². The van der Waals surface area contributed by atoms with Crippen molar-refractivity contribution in [3.63, 3.8) is 0 Å². The quantitative estimate of drug-likeness (QED) is 0.758. The number of nitrogens with one attached hydrogen (secondary N) is 1. The molecule has 1 saturated carbocycles. The van der Waals surface area contributed by atoms with Gasteiger partial charge in [0.05, 0.1) is 12.6 Å². The number of rotatable bonds is 7. The lowest BCUT2D eigenvalue weighted by Gasteiger charge is -2.34. The molecule has 2 N–H and O–H groups in total. The maximum atomic E-state index is 12.2. The van der Waals surface area contributed by atoms with Crippen LogP contribution in [0.2, 0.25) is 0 Å². The van der Waals surface area contributed by atoms with Gasteiger partial charge in [-0.3, -0.25) is 0 Å². The van der Waals surface area contributed by atoms with Gasteiger partial charge in [0.25, 0.3) is 0 Å². The molecule has 1 fully saturated rings. The number of urea groups is 1. The van der Waals surface area contributed by atoms with Crippen molar-refractivity contribution in [3.05, 3.63) is 0 Å². The molecule has 0 aromatic carbocycles. The molecule has 0 radical (unpaired) electrons. The average molecular weight is 300 g/mol. The zero-order chi connectivity index (χ0) is 15.8. The molecule has 1 unspecified atom stereocenters. The van der Waals surface area contributed by atoms with Crippen molar-refractivity contribution >= 4 is 6.03 Å². The first-order chi connectivity index (χ1) is 9.93. The summed E-state index contributed by atoms with van der Waals surface area (Å²) in [6.07, 6.45) is 3.97. The SMILES string of the molecule is CC(C)COCC(C)NC(=O)N(C)C1CCC(CO)CC1. The molecule has 0 aliphatic heterocycles.